The summed E-state index contributed by atoms with van der Waals surface area (Å²) < 4.78 is 13.0. The first-order chi connectivity index (χ1) is 5.23. The van der Waals surface area contributed by atoms with Crippen LogP contribution >= 0.6 is 0 Å². The van der Waals surface area contributed by atoms with Gasteiger partial charge in [-0.1, -0.05) is 13.8 Å². The molecule has 2 heteroatoms. The van der Waals surface area contributed by atoms with Gasteiger partial charge in [0.2, 0.25) is 0 Å². The molecule has 0 N–H and O–H groups in total. The third-order valence-electron chi connectivity index (χ3n) is 2.61. The minimum Gasteiger partial charge on any atom is -0.303 e. The highest BCUT2D eigenvalue weighted by molar-refractivity contribution is 5.05. The van der Waals surface area contributed by atoms with Gasteiger partial charge in [0.25, 0.3) is 0 Å². The van der Waals surface area contributed by atoms with E-state index in [0.717, 1.165) is 19.4 Å². The summed E-state index contributed by atoms with van der Waals surface area (Å²) in [5, 5.41) is 0. The van der Waals surface area contributed by atoms with E-state index in [1.54, 1.807) is 0 Å². The lowest BCUT2D eigenvalue weighted by Crippen LogP contribution is -2.14. The van der Waals surface area contributed by atoms with Gasteiger partial charge in [0.15, 0.2) is 0 Å². The second kappa shape index (κ2) is 3.10. The van der Waals surface area contributed by atoms with Crippen molar-refractivity contribution in [2.24, 2.45) is 5.41 Å². The van der Waals surface area contributed by atoms with E-state index in [2.05, 4.69) is 4.90 Å². The van der Waals surface area contributed by atoms with E-state index >= 15 is 0 Å². The number of hydrogen-bond donors (Lipinski definition) is 0. The number of nitrogens with zero attached hydrogens (tertiary/aromatic N) is 1. The summed E-state index contributed by atoms with van der Waals surface area (Å²) in [6.07, 6.45) is 1.72. The molecule has 11 heavy (non-hydrogen) atoms. The summed E-state index contributed by atoms with van der Waals surface area (Å²) in [6.45, 7) is 5.66. The molecule has 1 nitrogen and oxygen atoms in total. The Labute approximate surface area is 68.6 Å². The highest BCUT2D eigenvalue weighted by Gasteiger charge is 2.54. The van der Waals surface area contributed by atoms with Crippen LogP contribution in [0, 0.1) is 5.41 Å². The van der Waals surface area contributed by atoms with Crippen molar-refractivity contribution < 1.29 is 4.39 Å². The Balaban J connectivity index is 0.000000281. The molecule has 1 aliphatic carbocycles. The fourth-order valence-electron chi connectivity index (χ4n) is 1.80. The summed E-state index contributed by atoms with van der Waals surface area (Å²) in [6, 6.07) is 0. The van der Waals surface area contributed by atoms with Gasteiger partial charge < -0.3 is 4.90 Å². The molecule has 0 aromatic heterocycles. The number of hydrogen-bond acceptors (Lipinski definition) is 1. The summed E-state index contributed by atoms with van der Waals surface area (Å²) in [7, 11) is 2.00. The molecule has 2 fully saturated rings. The lowest BCUT2D eigenvalue weighted by Gasteiger charge is -2.05. The molecule has 1 saturated heterocycles. The third kappa shape index (κ3) is 1.56. The van der Waals surface area contributed by atoms with E-state index in [1.807, 2.05) is 20.9 Å². The molecule has 2 aliphatic rings. The Hall–Kier alpha value is -0.110. The molecular formula is C9H18FN. The van der Waals surface area contributed by atoms with Gasteiger partial charge >= 0.3 is 0 Å². The molecule has 0 radical (unpaired) electrons. The minimum atomic E-state index is -0.525. The Morgan fingerprint density at radius 1 is 1.36 bits per heavy atom. The van der Waals surface area contributed by atoms with E-state index in [9.17, 15) is 4.39 Å². The molecule has 0 amide bonds. The van der Waals surface area contributed by atoms with Crippen molar-refractivity contribution in [2.45, 2.75) is 32.9 Å². The van der Waals surface area contributed by atoms with Gasteiger partial charge in [-0.2, -0.15) is 0 Å². The summed E-state index contributed by atoms with van der Waals surface area (Å²) in [5.41, 5.74) is 0.134. The molecular weight excluding hydrogens is 141 g/mol. The van der Waals surface area contributed by atoms with Crippen LogP contribution in [0.4, 0.5) is 4.39 Å². The highest BCUT2D eigenvalue weighted by Crippen LogP contribution is 2.53. The average molecular weight is 159 g/mol. The van der Waals surface area contributed by atoms with E-state index in [0.29, 0.717) is 6.54 Å². The largest absolute Gasteiger partial charge is 0.303 e. The van der Waals surface area contributed by atoms with Crippen molar-refractivity contribution in [3.63, 3.8) is 0 Å². The molecule has 1 aliphatic heterocycles. The summed E-state index contributed by atoms with van der Waals surface area (Å²) in [4.78, 5) is 2.09. The third-order valence-corrected chi connectivity index (χ3v) is 2.61. The fraction of sp³-hybridized carbons (Fsp3) is 1.00. The van der Waals surface area contributed by atoms with Gasteiger partial charge in [-0.3, -0.25) is 0 Å². The van der Waals surface area contributed by atoms with Crippen molar-refractivity contribution in [1.82, 2.24) is 4.90 Å². The molecule has 0 aromatic rings. The van der Waals surface area contributed by atoms with Crippen LogP contribution in [0.3, 0.4) is 0 Å². The Bertz CT molecular complexity index is 132. The van der Waals surface area contributed by atoms with Crippen molar-refractivity contribution in [2.75, 3.05) is 20.1 Å². The van der Waals surface area contributed by atoms with E-state index in [-0.39, 0.29) is 5.41 Å². The van der Waals surface area contributed by atoms with Crippen LogP contribution in [0.5, 0.6) is 0 Å². The van der Waals surface area contributed by atoms with Gasteiger partial charge in [0.05, 0.1) is 0 Å². The summed E-state index contributed by atoms with van der Waals surface area (Å²) >= 11 is 0. The predicted octanol–water partition coefficient (Wildman–Crippen LogP) is 2.08. The molecule has 1 saturated carbocycles. The van der Waals surface area contributed by atoms with E-state index < -0.39 is 6.17 Å². The van der Waals surface area contributed by atoms with Gasteiger partial charge in [0.1, 0.15) is 6.17 Å². The Morgan fingerprint density at radius 2 is 1.91 bits per heavy atom. The number of rotatable bonds is 0. The second-order valence-corrected chi connectivity index (χ2v) is 3.53. The topological polar surface area (TPSA) is 3.24 Å². The SMILES string of the molecule is CC.CN1CC(F)C2(CC2)C1. The normalized spacial score (nSPS) is 33.3. The zero-order valence-corrected chi connectivity index (χ0v) is 7.73. The average Bonchev–Trinajstić information content (AvgIpc) is 2.67. The summed E-state index contributed by atoms with van der Waals surface area (Å²) in [5.74, 6) is 0. The van der Waals surface area contributed by atoms with Crippen LogP contribution in [0.15, 0.2) is 0 Å². The van der Waals surface area contributed by atoms with Crippen LogP contribution in [0.2, 0.25) is 0 Å². The lowest BCUT2D eigenvalue weighted by atomic mass is 10.1. The van der Waals surface area contributed by atoms with Crippen LogP contribution in [-0.2, 0) is 0 Å². The Kier molecular flexibility index (Phi) is 2.53. The minimum absolute atomic E-state index is 0.134. The van der Waals surface area contributed by atoms with Crippen molar-refractivity contribution >= 4 is 0 Å². The molecule has 1 heterocycles. The smallest absolute Gasteiger partial charge is 0.120 e. The molecule has 1 atom stereocenters. The number of alkyl halides is 1. The first kappa shape index (κ1) is 8.98. The van der Waals surface area contributed by atoms with E-state index in [1.165, 1.54) is 0 Å². The van der Waals surface area contributed by atoms with Crippen LogP contribution in [-0.4, -0.2) is 31.2 Å². The van der Waals surface area contributed by atoms with Gasteiger partial charge in [-0.15, -0.1) is 0 Å². The first-order valence-electron chi connectivity index (χ1n) is 4.56. The maximum atomic E-state index is 13.0. The zero-order chi connectivity index (χ0) is 8.48. The van der Waals surface area contributed by atoms with Crippen LogP contribution in [0.25, 0.3) is 0 Å². The number of halogens is 1. The molecule has 1 spiro atoms. The molecule has 2 rings (SSSR count). The maximum Gasteiger partial charge on any atom is 0.120 e. The standard InChI is InChI=1S/C7H12FN.C2H6/c1-9-4-6(8)7(5-9)2-3-7;1-2/h6H,2-5H2,1H3;1-2H3. The van der Waals surface area contributed by atoms with Crippen LogP contribution < -0.4 is 0 Å². The van der Waals surface area contributed by atoms with Crippen molar-refractivity contribution in [3.8, 4) is 0 Å². The number of likely N-dealkylation sites (tertiary alicyclic amines) is 1. The second-order valence-electron chi connectivity index (χ2n) is 3.53. The maximum absolute atomic E-state index is 13.0. The molecule has 0 bridgehead atoms. The van der Waals surface area contributed by atoms with Crippen LogP contribution in [0.1, 0.15) is 26.7 Å². The van der Waals surface area contributed by atoms with E-state index in [4.69, 9.17) is 0 Å². The lowest BCUT2D eigenvalue weighted by molar-refractivity contribution is 0.264. The zero-order valence-electron chi connectivity index (χ0n) is 7.73. The van der Waals surface area contributed by atoms with Crippen molar-refractivity contribution in [3.05, 3.63) is 0 Å². The van der Waals surface area contributed by atoms with Gasteiger partial charge in [0, 0.05) is 18.5 Å². The van der Waals surface area contributed by atoms with Crippen molar-refractivity contribution in [1.29, 1.82) is 0 Å². The monoisotopic (exact) mass is 159 g/mol. The molecule has 66 valence electrons. The predicted molar refractivity (Wildman–Crippen MR) is 45.4 cm³/mol. The fourth-order valence-corrected chi connectivity index (χ4v) is 1.80. The first-order valence-corrected chi connectivity index (χ1v) is 4.56. The molecule has 1 unspecified atom stereocenters. The highest BCUT2D eigenvalue weighted by atomic mass is 19.1. The van der Waals surface area contributed by atoms with Gasteiger partial charge in [-0.25, -0.2) is 4.39 Å². The molecule has 0 aromatic carbocycles. The van der Waals surface area contributed by atoms with Gasteiger partial charge in [-0.05, 0) is 19.9 Å². The quantitative estimate of drug-likeness (QED) is 0.523. The Morgan fingerprint density at radius 3 is 2.09 bits per heavy atom.